The lowest BCUT2D eigenvalue weighted by Crippen LogP contribution is -2.26. The second-order valence-electron chi connectivity index (χ2n) is 3.95. The molecule has 0 spiro atoms. The molecule has 0 saturated heterocycles. The number of rotatable bonds is 9. The first-order chi connectivity index (χ1) is 8.72. The molecule has 4 nitrogen and oxygen atoms in total. The lowest BCUT2D eigenvalue weighted by Gasteiger charge is -2.10. The number of methoxy groups -OCH3 is 1. The zero-order chi connectivity index (χ0) is 13.2. The van der Waals surface area contributed by atoms with Crippen molar-refractivity contribution in [2.75, 3.05) is 33.4 Å². The Morgan fingerprint density at radius 2 is 2.00 bits per heavy atom. The Kier molecular flexibility index (Phi) is 8.00. The number of nitrogens with one attached hydrogen (secondary N) is 1. The molecule has 0 aliphatic carbocycles. The molecule has 1 aromatic carbocycles. The summed E-state index contributed by atoms with van der Waals surface area (Å²) in [5, 5.41) is 12.6. The Morgan fingerprint density at radius 1 is 1.28 bits per heavy atom. The molecule has 0 saturated carbocycles. The normalized spacial score (nSPS) is 12.4. The lowest BCUT2D eigenvalue weighted by atomic mass is 10.3. The third-order valence-electron chi connectivity index (χ3n) is 2.37. The molecule has 18 heavy (non-hydrogen) atoms. The van der Waals surface area contributed by atoms with Gasteiger partial charge < -0.3 is 19.9 Å². The van der Waals surface area contributed by atoms with Gasteiger partial charge in [0.1, 0.15) is 12.4 Å². The molecular weight excluding hydrogens is 298 g/mol. The van der Waals surface area contributed by atoms with Gasteiger partial charge in [-0.2, -0.15) is 0 Å². The van der Waals surface area contributed by atoms with Gasteiger partial charge in [0.15, 0.2) is 0 Å². The number of aliphatic hydroxyl groups excluding tert-OH is 1. The second kappa shape index (κ2) is 9.33. The van der Waals surface area contributed by atoms with Gasteiger partial charge in [-0.25, -0.2) is 0 Å². The van der Waals surface area contributed by atoms with Gasteiger partial charge in [-0.1, -0.05) is 15.9 Å². The molecule has 1 unspecified atom stereocenters. The summed E-state index contributed by atoms with van der Waals surface area (Å²) in [5.74, 6) is 0.861. The molecule has 0 fully saturated rings. The van der Waals surface area contributed by atoms with Crippen LogP contribution in [0.25, 0.3) is 0 Å². The Morgan fingerprint density at radius 3 is 2.67 bits per heavy atom. The van der Waals surface area contributed by atoms with Crippen molar-refractivity contribution in [3.8, 4) is 5.75 Å². The van der Waals surface area contributed by atoms with Crippen molar-refractivity contribution >= 4 is 15.9 Å². The molecule has 0 heterocycles. The molecule has 0 aromatic heterocycles. The summed E-state index contributed by atoms with van der Waals surface area (Å²) in [6, 6.07) is 7.74. The summed E-state index contributed by atoms with van der Waals surface area (Å²) in [6.45, 7) is 2.52. The molecule has 0 aliphatic rings. The first kappa shape index (κ1) is 15.4. The number of halogens is 1. The summed E-state index contributed by atoms with van der Waals surface area (Å²) in [6.07, 6.45) is 0.293. The average Bonchev–Trinajstić information content (AvgIpc) is 2.36. The minimum Gasteiger partial charge on any atom is -0.492 e. The lowest BCUT2D eigenvalue weighted by molar-refractivity contribution is 0.0593. The maximum atomic E-state index is 9.41. The van der Waals surface area contributed by atoms with Gasteiger partial charge in [0.05, 0.1) is 12.7 Å². The smallest absolute Gasteiger partial charge is 0.119 e. The molecule has 1 aromatic rings. The van der Waals surface area contributed by atoms with E-state index in [1.165, 1.54) is 0 Å². The highest BCUT2D eigenvalue weighted by Gasteiger charge is 2.01. The van der Waals surface area contributed by atoms with Crippen LogP contribution in [0.15, 0.2) is 28.7 Å². The van der Waals surface area contributed by atoms with Gasteiger partial charge >= 0.3 is 0 Å². The average molecular weight is 318 g/mol. The topological polar surface area (TPSA) is 50.7 Å². The quantitative estimate of drug-likeness (QED) is 0.682. The van der Waals surface area contributed by atoms with E-state index in [0.29, 0.717) is 19.6 Å². The van der Waals surface area contributed by atoms with Crippen LogP contribution in [-0.2, 0) is 4.74 Å². The maximum Gasteiger partial charge on any atom is 0.119 e. The van der Waals surface area contributed by atoms with E-state index in [1.54, 1.807) is 7.11 Å². The largest absolute Gasteiger partial charge is 0.492 e. The van der Waals surface area contributed by atoms with Crippen molar-refractivity contribution in [3.63, 3.8) is 0 Å². The van der Waals surface area contributed by atoms with Crippen LogP contribution in [0.4, 0.5) is 0 Å². The third-order valence-corrected chi connectivity index (χ3v) is 2.90. The van der Waals surface area contributed by atoms with Gasteiger partial charge in [-0.15, -0.1) is 0 Å². The van der Waals surface area contributed by atoms with Crippen LogP contribution in [0, 0.1) is 0 Å². The second-order valence-corrected chi connectivity index (χ2v) is 4.87. The Balaban J connectivity index is 2.00. The molecule has 0 aliphatic heterocycles. The third kappa shape index (κ3) is 6.96. The summed E-state index contributed by atoms with van der Waals surface area (Å²) < 4.78 is 11.4. The van der Waals surface area contributed by atoms with Crippen LogP contribution in [0.1, 0.15) is 6.42 Å². The fourth-order valence-electron chi connectivity index (χ4n) is 1.44. The zero-order valence-corrected chi connectivity index (χ0v) is 12.1. The van der Waals surface area contributed by atoms with Crippen LogP contribution in [0.5, 0.6) is 5.75 Å². The number of hydrogen-bond donors (Lipinski definition) is 2. The van der Waals surface area contributed by atoms with Crippen LogP contribution < -0.4 is 10.1 Å². The predicted molar refractivity (Wildman–Crippen MR) is 75.0 cm³/mol. The summed E-state index contributed by atoms with van der Waals surface area (Å²) in [5.41, 5.74) is 0. The van der Waals surface area contributed by atoms with Gasteiger partial charge in [0.2, 0.25) is 0 Å². The van der Waals surface area contributed by atoms with Crippen LogP contribution >= 0.6 is 15.9 Å². The minimum atomic E-state index is -0.394. The van der Waals surface area contributed by atoms with Crippen molar-refractivity contribution in [2.24, 2.45) is 0 Å². The molecule has 2 N–H and O–H groups in total. The van der Waals surface area contributed by atoms with E-state index in [-0.39, 0.29) is 0 Å². The molecule has 0 amide bonds. The van der Waals surface area contributed by atoms with E-state index < -0.39 is 6.10 Å². The van der Waals surface area contributed by atoms with E-state index in [9.17, 15) is 5.11 Å². The highest BCUT2D eigenvalue weighted by molar-refractivity contribution is 9.10. The Labute approximate surface area is 116 Å². The van der Waals surface area contributed by atoms with Crippen molar-refractivity contribution in [2.45, 2.75) is 12.5 Å². The zero-order valence-electron chi connectivity index (χ0n) is 10.6. The molecule has 0 radical (unpaired) electrons. The van der Waals surface area contributed by atoms with Crippen LogP contribution in [-0.4, -0.2) is 44.6 Å². The van der Waals surface area contributed by atoms with Crippen LogP contribution in [0.2, 0.25) is 0 Å². The maximum absolute atomic E-state index is 9.41. The number of aliphatic hydroxyl groups is 1. The fourth-order valence-corrected chi connectivity index (χ4v) is 1.71. The number of hydrogen-bond acceptors (Lipinski definition) is 4. The fraction of sp³-hybridized carbons (Fsp3) is 0.538. The predicted octanol–water partition coefficient (Wildman–Crippen LogP) is 1.81. The molecule has 5 heteroatoms. The molecule has 0 bridgehead atoms. The van der Waals surface area contributed by atoms with E-state index in [4.69, 9.17) is 9.47 Å². The van der Waals surface area contributed by atoms with Gasteiger partial charge in [0, 0.05) is 18.1 Å². The Bertz CT molecular complexity index is 319. The van der Waals surface area contributed by atoms with E-state index in [1.807, 2.05) is 24.3 Å². The van der Waals surface area contributed by atoms with Crippen molar-refractivity contribution in [3.05, 3.63) is 28.7 Å². The van der Waals surface area contributed by atoms with Gasteiger partial charge in [0.25, 0.3) is 0 Å². The molecule has 102 valence electrons. The summed E-state index contributed by atoms with van der Waals surface area (Å²) >= 11 is 3.37. The Hall–Kier alpha value is -0.620. The highest BCUT2D eigenvalue weighted by atomic mass is 79.9. The summed E-state index contributed by atoms with van der Waals surface area (Å²) in [4.78, 5) is 0. The van der Waals surface area contributed by atoms with Crippen molar-refractivity contribution in [1.82, 2.24) is 5.32 Å². The molecular formula is C13H20BrNO3. The minimum absolute atomic E-state index is 0.386. The van der Waals surface area contributed by atoms with E-state index >= 15 is 0 Å². The highest BCUT2D eigenvalue weighted by Crippen LogP contribution is 2.15. The van der Waals surface area contributed by atoms with Gasteiger partial charge in [-0.05, 0) is 37.2 Å². The van der Waals surface area contributed by atoms with Gasteiger partial charge in [-0.3, -0.25) is 0 Å². The van der Waals surface area contributed by atoms with Crippen LogP contribution in [0.3, 0.4) is 0 Å². The standard InChI is InChI=1S/C13H20BrNO3/c1-17-10-12(16)6-7-15-8-9-18-13-4-2-11(14)3-5-13/h2-5,12,15-16H,6-10H2,1H3. The van der Waals surface area contributed by atoms with Crippen molar-refractivity contribution < 1.29 is 14.6 Å². The first-order valence-electron chi connectivity index (χ1n) is 5.98. The first-order valence-corrected chi connectivity index (χ1v) is 6.77. The van der Waals surface area contributed by atoms with E-state index in [0.717, 1.165) is 23.3 Å². The molecule has 1 rings (SSSR count). The summed E-state index contributed by atoms with van der Waals surface area (Å²) in [7, 11) is 1.59. The number of ether oxygens (including phenoxy) is 2. The van der Waals surface area contributed by atoms with Crippen molar-refractivity contribution in [1.29, 1.82) is 0 Å². The van der Waals surface area contributed by atoms with E-state index in [2.05, 4.69) is 21.2 Å². The molecule has 1 atom stereocenters. The monoisotopic (exact) mass is 317 g/mol. The number of benzene rings is 1. The SMILES string of the molecule is COCC(O)CCNCCOc1ccc(Br)cc1.